The number of carbonyl (C=O) groups excluding carboxylic acids is 1. The van der Waals surface area contributed by atoms with Crippen LogP contribution < -0.4 is 0 Å². The molecule has 0 aliphatic carbocycles. The molecule has 3 nitrogen and oxygen atoms in total. The third-order valence-corrected chi connectivity index (χ3v) is 1.55. The van der Waals surface area contributed by atoms with Crippen molar-refractivity contribution < 1.29 is 14.6 Å². The van der Waals surface area contributed by atoms with E-state index in [0.717, 1.165) is 5.56 Å². The molecular formula is C11H11O3. The first kappa shape index (κ1) is 10.5. The van der Waals surface area contributed by atoms with Gasteiger partial charge >= 0.3 is 0 Å². The van der Waals surface area contributed by atoms with Crippen molar-refractivity contribution in [2.45, 2.75) is 0 Å². The quantitative estimate of drug-likeness (QED) is 0.561. The SMILES string of the molecule is O=[C]C(=Cc1ccccc1)OCCO. The molecule has 0 fully saturated rings. The first-order valence-corrected chi connectivity index (χ1v) is 4.25. The van der Waals surface area contributed by atoms with Crippen molar-refractivity contribution >= 4 is 12.4 Å². The Balaban J connectivity index is 2.68. The highest BCUT2D eigenvalue weighted by molar-refractivity contribution is 5.79. The molecule has 0 bridgehead atoms. The summed E-state index contributed by atoms with van der Waals surface area (Å²) in [5.41, 5.74) is 0.865. The van der Waals surface area contributed by atoms with Crippen LogP contribution in [-0.4, -0.2) is 24.6 Å². The summed E-state index contributed by atoms with van der Waals surface area (Å²) in [6.45, 7) is -0.0122. The second kappa shape index (κ2) is 5.94. The minimum absolute atomic E-state index is 0.102. The Morgan fingerprint density at radius 1 is 1.43 bits per heavy atom. The Labute approximate surface area is 82.6 Å². The van der Waals surface area contributed by atoms with Crippen molar-refractivity contribution in [3.05, 3.63) is 41.7 Å². The van der Waals surface area contributed by atoms with Gasteiger partial charge in [0.15, 0.2) is 5.76 Å². The molecule has 1 rings (SSSR count). The van der Waals surface area contributed by atoms with Crippen LogP contribution in [-0.2, 0) is 9.53 Å². The van der Waals surface area contributed by atoms with Gasteiger partial charge in [0.1, 0.15) is 6.61 Å². The molecule has 0 atom stereocenters. The molecule has 0 saturated heterocycles. The highest BCUT2D eigenvalue weighted by Crippen LogP contribution is 2.05. The van der Waals surface area contributed by atoms with Gasteiger partial charge in [0.25, 0.3) is 6.29 Å². The Morgan fingerprint density at radius 3 is 2.71 bits per heavy atom. The highest BCUT2D eigenvalue weighted by Gasteiger charge is 1.97. The van der Waals surface area contributed by atoms with Crippen molar-refractivity contribution in [2.75, 3.05) is 13.2 Å². The van der Waals surface area contributed by atoms with Crippen molar-refractivity contribution in [3.8, 4) is 0 Å². The van der Waals surface area contributed by atoms with Crippen LogP contribution in [0.15, 0.2) is 36.1 Å². The van der Waals surface area contributed by atoms with E-state index in [9.17, 15) is 4.79 Å². The summed E-state index contributed by atoms with van der Waals surface area (Å²) in [6.07, 6.45) is 3.24. The van der Waals surface area contributed by atoms with Gasteiger partial charge in [-0.05, 0) is 11.6 Å². The normalized spacial score (nSPS) is 11.1. The maximum absolute atomic E-state index is 10.4. The highest BCUT2D eigenvalue weighted by atomic mass is 16.5. The van der Waals surface area contributed by atoms with Crippen LogP contribution >= 0.6 is 0 Å². The van der Waals surface area contributed by atoms with Gasteiger partial charge in [-0.2, -0.15) is 0 Å². The number of aliphatic hydroxyl groups is 1. The maximum Gasteiger partial charge on any atom is 0.271 e. The van der Waals surface area contributed by atoms with E-state index in [4.69, 9.17) is 9.84 Å². The van der Waals surface area contributed by atoms with Crippen molar-refractivity contribution in [1.82, 2.24) is 0 Å². The van der Waals surface area contributed by atoms with Gasteiger partial charge in [-0.1, -0.05) is 30.3 Å². The molecule has 73 valence electrons. The topological polar surface area (TPSA) is 46.5 Å². The monoisotopic (exact) mass is 191 g/mol. The van der Waals surface area contributed by atoms with Crippen LogP contribution in [0.2, 0.25) is 0 Å². The summed E-state index contributed by atoms with van der Waals surface area (Å²) in [5.74, 6) is 0.102. The lowest BCUT2D eigenvalue weighted by atomic mass is 10.2. The molecule has 0 heterocycles. The van der Waals surface area contributed by atoms with Gasteiger partial charge in [0, 0.05) is 0 Å². The molecule has 1 radical (unpaired) electrons. The Bertz CT molecular complexity index is 304. The van der Waals surface area contributed by atoms with Crippen LogP contribution in [0.5, 0.6) is 0 Å². The van der Waals surface area contributed by atoms with Gasteiger partial charge < -0.3 is 9.84 Å². The second-order valence-corrected chi connectivity index (χ2v) is 2.59. The van der Waals surface area contributed by atoms with Crippen molar-refractivity contribution in [3.63, 3.8) is 0 Å². The van der Waals surface area contributed by atoms with Crippen LogP contribution in [0.1, 0.15) is 5.56 Å². The largest absolute Gasteiger partial charge is 0.487 e. The van der Waals surface area contributed by atoms with Gasteiger partial charge in [-0.25, -0.2) is 0 Å². The predicted molar refractivity (Wildman–Crippen MR) is 53.2 cm³/mol. The van der Waals surface area contributed by atoms with Gasteiger partial charge in [-0.15, -0.1) is 0 Å². The zero-order valence-electron chi connectivity index (χ0n) is 7.64. The van der Waals surface area contributed by atoms with E-state index in [1.165, 1.54) is 0 Å². The fourth-order valence-electron chi connectivity index (χ4n) is 0.957. The third kappa shape index (κ3) is 3.41. The Kier molecular flexibility index (Phi) is 4.44. The number of ether oxygens (including phenoxy) is 1. The van der Waals surface area contributed by atoms with E-state index in [-0.39, 0.29) is 19.0 Å². The standard InChI is InChI=1S/C11H11O3/c12-6-7-14-11(9-13)8-10-4-2-1-3-5-10/h1-5,8,12H,6-7H2. The first-order chi connectivity index (χ1) is 6.86. The lowest BCUT2D eigenvalue weighted by Crippen LogP contribution is -1.99. The summed E-state index contributed by atoms with van der Waals surface area (Å²) < 4.78 is 4.93. The van der Waals surface area contributed by atoms with E-state index in [1.807, 2.05) is 30.3 Å². The Hall–Kier alpha value is -1.61. The molecule has 1 aromatic carbocycles. The van der Waals surface area contributed by atoms with Crippen LogP contribution in [0, 0.1) is 0 Å². The van der Waals surface area contributed by atoms with E-state index in [0.29, 0.717) is 0 Å². The van der Waals surface area contributed by atoms with Gasteiger partial charge in [0.05, 0.1) is 6.61 Å². The molecule has 0 amide bonds. The lowest BCUT2D eigenvalue weighted by molar-refractivity contribution is 0.156. The molecule has 0 spiro atoms. The molecule has 1 aromatic rings. The zero-order chi connectivity index (χ0) is 10.2. The number of benzene rings is 1. The average molecular weight is 191 g/mol. The summed E-state index contributed by atoms with van der Waals surface area (Å²) >= 11 is 0. The first-order valence-electron chi connectivity index (χ1n) is 4.25. The molecule has 0 aliphatic heterocycles. The van der Waals surface area contributed by atoms with Crippen molar-refractivity contribution in [2.24, 2.45) is 0 Å². The fraction of sp³-hybridized carbons (Fsp3) is 0.182. The third-order valence-electron chi connectivity index (χ3n) is 1.55. The Morgan fingerprint density at radius 2 is 2.14 bits per heavy atom. The molecule has 3 heteroatoms. The number of allylic oxidation sites excluding steroid dienone is 1. The summed E-state index contributed by atoms with van der Waals surface area (Å²) in [5, 5.41) is 8.49. The van der Waals surface area contributed by atoms with Crippen LogP contribution in [0.25, 0.3) is 6.08 Å². The van der Waals surface area contributed by atoms with Crippen LogP contribution in [0.3, 0.4) is 0 Å². The van der Waals surface area contributed by atoms with E-state index < -0.39 is 0 Å². The lowest BCUT2D eigenvalue weighted by Gasteiger charge is -2.01. The minimum atomic E-state index is -0.117. The molecule has 0 aromatic heterocycles. The number of aliphatic hydroxyl groups excluding tert-OH is 1. The summed E-state index contributed by atoms with van der Waals surface area (Å²) in [4.78, 5) is 10.4. The summed E-state index contributed by atoms with van der Waals surface area (Å²) in [7, 11) is 0. The number of hydrogen-bond acceptors (Lipinski definition) is 3. The van der Waals surface area contributed by atoms with Gasteiger partial charge in [-0.3, -0.25) is 4.79 Å². The van der Waals surface area contributed by atoms with Crippen LogP contribution in [0.4, 0.5) is 0 Å². The second-order valence-electron chi connectivity index (χ2n) is 2.59. The number of hydrogen-bond donors (Lipinski definition) is 1. The molecular weight excluding hydrogens is 180 g/mol. The average Bonchev–Trinajstić information content (AvgIpc) is 2.25. The minimum Gasteiger partial charge on any atom is -0.487 e. The van der Waals surface area contributed by atoms with E-state index in [1.54, 1.807) is 12.4 Å². The van der Waals surface area contributed by atoms with Gasteiger partial charge in [0.2, 0.25) is 0 Å². The zero-order valence-corrected chi connectivity index (χ0v) is 7.64. The molecule has 0 saturated carbocycles. The van der Waals surface area contributed by atoms with E-state index >= 15 is 0 Å². The molecule has 1 N–H and O–H groups in total. The fourth-order valence-corrected chi connectivity index (χ4v) is 0.957. The van der Waals surface area contributed by atoms with E-state index in [2.05, 4.69) is 0 Å². The predicted octanol–water partition coefficient (Wildman–Crippen LogP) is 1.15. The number of rotatable bonds is 5. The summed E-state index contributed by atoms with van der Waals surface area (Å²) in [6, 6.07) is 9.30. The molecule has 0 unspecified atom stereocenters. The van der Waals surface area contributed by atoms with Crippen molar-refractivity contribution in [1.29, 1.82) is 0 Å². The molecule has 0 aliphatic rings. The molecule has 14 heavy (non-hydrogen) atoms. The maximum atomic E-state index is 10.4. The smallest absolute Gasteiger partial charge is 0.271 e.